The Morgan fingerprint density at radius 1 is 1.00 bits per heavy atom. The van der Waals surface area contributed by atoms with Crippen LogP contribution in [0.5, 0.6) is 0 Å². The highest BCUT2D eigenvalue weighted by atomic mass is 32.2. The molecule has 33 heavy (non-hydrogen) atoms. The molecule has 4 aromatic rings. The molecule has 170 valence electrons. The molecule has 0 saturated carbocycles. The lowest BCUT2D eigenvalue weighted by Gasteiger charge is -2.11. The highest BCUT2D eigenvalue weighted by molar-refractivity contribution is 7.92. The summed E-state index contributed by atoms with van der Waals surface area (Å²) >= 11 is 1.45. The van der Waals surface area contributed by atoms with E-state index in [1.165, 1.54) is 34.6 Å². The van der Waals surface area contributed by atoms with Gasteiger partial charge in [-0.05, 0) is 75.2 Å². The minimum Gasteiger partial charge on any atom is -0.317 e. The SMILES string of the molecule is CCn1c(=NC(=O)c2ccccc2NS(=O)(=O)c2ccc(C)cc2)sc2cc(C)c(C)cc21. The molecule has 0 bridgehead atoms. The van der Waals surface area contributed by atoms with Crippen LogP contribution in [0, 0.1) is 20.8 Å². The Labute approximate surface area is 197 Å². The van der Waals surface area contributed by atoms with Gasteiger partial charge < -0.3 is 4.57 Å². The number of sulfonamides is 1. The first kappa shape index (κ1) is 22.9. The number of fused-ring (bicyclic) bond motifs is 1. The number of carbonyl (C=O) groups is 1. The van der Waals surface area contributed by atoms with E-state index in [2.05, 4.69) is 35.7 Å². The molecule has 0 saturated heterocycles. The van der Waals surface area contributed by atoms with Gasteiger partial charge in [-0.1, -0.05) is 41.2 Å². The second kappa shape index (κ2) is 8.96. The summed E-state index contributed by atoms with van der Waals surface area (Å²) in [6.45, 7) is 8.68. The van der Waals surface area contributed by atoms with Gasteiger partial charge in [-0.25, -0.2) is 8.42 Å². The van der Waals surface area contributed by atoms with Gasteiger partial charge in [-0.3, -0.25) is 9.52 Å². The number of nitrogens with one attached hydrogen (secondary N) is 1. The zero-order valence-electron chi connectivity index (χ0n) is 18.9. The summed E-state index contributed by atoms with van der Waals surface area (Å²) in [5, 5.41) is 0. The lowest BCUT2D eigenvalue weighted by atomic mass is 10.1. The molecular formula is C25H25N3O3S2. The molecule has 0 aliphatic heterocycles. The van der Waals surface area contributed by atoms with Crippen molar-refractivity contribution in [2.75, 3.05) is 4.72 Å². The summed E-state index contributed by atoms with van der Waals surface area (Å²) < 4.78 is 31.4. The van der Waals surface area contributed by atoms with E-state index < -0.39 is 15.9 Å². The molecule has 0 aliphatic rings. The molecule has 6 nitrogen and oxygen atoms in total. The molecule has 4 rings (SSSR count). The number of hydrogen-bond acceptors (Lipinski definition) is 4. The Morgan fingerprint density at radius 3 is 2.36 bits per heavy atom. The van der Waals surface area contributed by atoms with Gasteiger partial charge >= 0.3 is 0 Å². The van der Waals surface area contributed by atoms with E-state index in [0.29, 0.717) is 11.3 Å². The van der Waals surface area contributed by atoms with Crippen LogP contribution in [0.15, 0.2) is 70.6 Å². The normalized spacial score (nSPS) is 12.3. The van der Waals surface area contributed by atoms with Crippen LogP contribution in [0.1, 0.15) is 34.0 Å². The van der Waals surface area contributed by atoms with E-state index in [4.69, 9.17) is 0 Å². The van der Waals surface area contributed by atoms with Crippen LogP contribution in [0.3, 0.4) is 0 Å². The monoisotopic (exact) mass is 479 g/mol. The Morgan fingerprint density at radius 2 is 1.67 bits per heavy atom. The van der Waals surface area contributed by atoms with Crippen molar-refractivity contribution in [2.45, 2.75) is 39.1 Å². The number of para-hydroxylation sites is 1. The van der Waals surface area contributed by atoms with Gasteiger partial charge in [-0.2, -0.15) is 4.99 Å². The molecule has 1 heterocycles. The van der Waals surface area contributed by atoms with Crippen LogP contribution in [-0.2, 0) is 16.6 Å². The summed E-state index contributed by atoms with van der Waals surface area (Å²) in [7, 11) is -3.85. The van der Waals surface area contributed by atoms with Crippen LogP contribution in [-0.4, -0.2) is 18.9 Å². The van der Waals surface area contributed by atoms with Gasteiger partial charge in [0.15, 0.2) is 4.80 Å². The van der Waals surface area contributed by atoms with E-state index in [9.17, 15) is 13.2 Å². The molecule has 0 fully saturated rings. The topological polar surface area (TPSA) is 80.5 Å². The lowest BCUT2D eigenvalue weighted by Crippen LogP contribution is -2.18. The van der Waals surface area contributed by atoms with Gasteiger partial charge in [0.25, 0.3) is 15.9 Å². The molecule has 3 aromatic carbocycles. The third-order valence-corrected chi connectivity index (χ3v) is 7.97. The fourth-order valence-corrected chi connectivity index (χ4v) is 5.79. The molecule has 1 amide bonds. The van der Waals surface area contributed by atoms with Crippen molar-refractivity contribution in [3.05, 3.63) is 87.7 Å². The molecule has 0 aliphatic carbocycles. The van der Waals surface area contributed by atoms with E-state index in [1.807, 2.05) is 18.4 Å². The first-order valence-corrected chi connectivity index (χ1v) is 12.9. The number of anilines is 1. The van der Waals surface area contributed by atoms with Crippen LogP contribution in [0.4, 0.5) is 5.69 Å². The third-order valence-electron chi connectivity index (χ3n) is 5.54. The van der Waals surface area contributed by atoms with Gasteiger partial charge in [-0.15, -0.1) is 0 Å². The summed E-state index contributed by atoms with van der Waals surface area (Å²) in [6.07, 6.45) is 0. The Hall–Kier alpha value is -3.23. The average molecular weight is 480 g/mol. The minimum atomic E-state index is -3.85. The maximum Gasteiger partial charge on any atom is 0.281 e. The van der Waals surface area contributed by atoms with Crippen molar-refractivity contribution in [1.29, 1.82) is 0 Å². The number of rotatable bonds is 5. The number of nitrogens with zero attached hydrogens (tertiary/aromatic N) is 2. The van der Waals surface area contributed by atoms with Gasteiger partial charge in [0.2, 0.25) is 0 Å². The first-order valence-electron chi connectivity index (χ1n) is 10.6. The van der Waals surface area contributed by atoms with E-state index >= 15 is 0 Å². The number of thiazole rings is 1. The van der Waals surface area contributed by atoms with Gasteiger partial charge in [0, 0.05) is 6.54 Å². The maximum absolute atomic E-state index is 13.2. The number of carbonyl (C=O) groups excluding carboxylic acids is 1. The molecule has 0 radical (unpaired) electrons. The largest absolute Gasteiger partial charge is 0.317 e. The maximum atomic E-state index is 13.2. The van der Waals surface area contributed by atoms with E-state index in [1.54, 1.807) is 36.4 Å². The quantitative estimate of drug-likeness (QED) is 0.428. The van der Waals surface area contributed by atoms with E-state index in [0.717, 1.165) is 15.8 Å². The van der Waals surface area contributed by atoms with Crippen molar-refractivity contribution < 1.29 is 13.2 Å². The Kier molecular flexibility index (Phi) is 6.23. The lowest BCUT2D eigenvalue weighted by molar-refractivity contribution is 0.0998. The predicted octanol–water partition coefficient (Wildman–Crippen LogP) is 5.19. The van der Waals surface area contributed by atoms with Gasteiger partial charge in [0.1, 0.15) is 0 Å². The zero-order chi connectivity index (χ0) is 23.8. The smallest absolute Gasteiger partial charge is 0.281 e. The number of aryl methyl sites for hydroxylation is 4. The molecular weight excluding hydrogens is 454 g/mol. The zero-order valence-corrected chi connectivity index (χ0v) is 20.5. The fourth-order valence-electron chi connectivity index (χ4n) is 3.54. The molecule has 0 spiro atoms. The third kappa shape index (κ3) is 4.62. The van der Waals surface area contributed by atoms with Crippen LogP contribution < -0.4 is 9.52 Å². The first-order chi connectivity index (χ1) is 15.7. The standard InChI is InChI=1S/C25H25N3O3S2/c1-5-28-22-14-17(3)18(4)15-23(22)32-25(28)26-24(29)20-8-6-7-9-21(20)27-33(30,31)19-12-10-16(2)11-13-19/h6-15,27H,5H2,1-4H3. The van der Waals surface area contributed by atoms with Crippen molar-refractivity contribution >= 4 is 43.2 Å². The molecule has 0 unspecified atom stereocenters. The van der Waals surface area contributed by atoms with Crippen LogP contribution >= 0.6 is 11.3 Å². The summed E-state index contributed by atoms with van der Waals surface area (Å²) in [4.78, 5) is 18.3. The van der Waals surface area contributed by atoms with E-state index in [-0.39, 0.29) is 16.1 Å². The van der Waals surface area contributed by atoms with Crippen molar-refractivity contribution in [1.82, 2.24) is 4.57 Å². The van der Waals surface area contributed by atoms with Crippen LogP contribution in [0.25, 0.3) is 10.2 Å². The van der Waals surface area contributed by atoms with Crippen molar-refractivity contribution in [3.63, 3.8) is 0 Å². The highest BCUT2D eigenvalue weighted by Gasteiger charge is 2.19. The Balaban J connectivity index is 1.75. The molecule has 1 N–H and O–H groups in total. The number of benzene rings is 3. The highest BCUT2D eigenvalue weighted by Crippen LogP contribution is 2.24. The summed E-state index contributed by atoms with van der Waals surface area (Å²) in [5.74, 6) is -0.501. The van der Waals surface area contributed by atoms with Crippen LogP contribution in [0.2, 0.25) is 0 Å². The van der Waals surface area contributed by atoms with Crippen molar-refractivity contribution in [3.8, 4) is 0 Å². The minimum absolute atomic E-state index is 0.131. The predicted molar refractivity (Wildman–Crippen MR) is 133 cm³/mol. The Bertz CT molecular complexity index is 1530. The molecule has 8 heteroatoms. The fraction of sp³-hybridized carbons (Fsp3) is 0.200. The molecule has 0 atom stereocenters. The number of amides is 1. The number of hydrogen-bond donors (Lipinski definition) is 1. The second-order valence-electron chi connectivity index (χ2n) is 7.91. The average Bonchev–Trinajstić information content (AvgIpc) is 3.10. The van der Waals surface area contributed by atoms with Gasteiger partial charge in [0.05, 0.1) is 26.4 Å². The molecule has 1 aromatic heterocycles. The second-order valence-corrected chi connectivity index (χ2v) is 10.6. The summed E-state index contributed by atoms with van der Waals surface area (Å²) in [5.41, 5.74) is 4.74. The van der Waals surface area contributed by atoms with Crippen molar-refractivity contribution in [2.24, 2.45) is 4.99 Å². The number of aromatic nitrogens is 1. The summed E-state index contributed by atoms with van der Waals surface area (Å²) in [6, 6.07) is 17.3.